The second kappa shape index (κ2) is 6.77. The van der Waals surface area contributed by atoms with Gasteiger partial charge in [0.05, 0.1) is 0 Å². The molecule has 1 amide bonds. The van der Waals surface area contributed by atoms with Gasteiger partial charge in [-0.3, -0.25) is 4.79 Å². The third-order valence-corrected chi connectivity index (χ3v) is 3.21. The highest BCUT2D eigenvalue weighted by Crippen LogP contribution is 2.23. The van der Waals surface area contributed by atoms with Crippen LogP contribution >= 0.6 is 0 Å². The average molecular weight is 312 g/mol. The van der Waals surface area contributed by atoms with E-state index < -0.39 is 0 Å². The van der Waals surface area contributed by atoms with E-state index in [0.717, 1.165) is 18.1 Å². The molecule has 1 N–H and O–H groups in total. The van der Waals surface area contributed by atoms with Crippen LogP contribution in [0, 0.1) is 6.92 Å². The van der Waals surface area contributed by atoms with Gasteiger partial charge in [-0.05, 0) is 46.8 Å². The number of nitrogens with one attached hydrogen (secondary N) is 1. The molecule has 0 atom stereocenters. The minimum atomic E-state index is -0.306. The Balaban J connectivity index is 2.38. The van der Waals surface area contributed by atoms with E-state index in [1.807, 2.05) is 51.1 Å². The van der Waals surface area contributed by atoms with Crippen LogP contribution in [0.2, 0.25) is 0 Å². The van der Waals surface area contributed by atoms with Gasteiger partial charge < -0.3 is 10.2 Å². The van der Waals surface area contributed by atoms with E-state index in [4.69, 9.17) is 0 Å². The molecule has 5 heteroatoms. The number of hydrogen-bond acceptors (Lipinski definition) is 4. The van der Waals surface area contributed by atoms with Gasteiger partial charge in [-0.1, -0.05) is 18.2 Å². The second-order valence-electron chi connectivity index (χ2n) is 6.44. The summed E-state index contributed by atoms with van der Waals surface area (Å²) in [5, 5.41) is 2.94. The zero-order valence-corrected chi connectivity index (χ0v) is 14.4. The van der Waals surface area contributed by atoms with Gasteiger partial charge in [-0.2, -0.15) is 0 Å². The van der Waals surface area contributed by atoms with Gasteiger partial charge in [0, 0.05) is 23.8 Å². The first kappa shape index (κ1) is 16.9. The van der Waals surface area contributed by atoms with Gasteiger partial charge in [0.2, 0.25) is 0 Å². The molecule has 0 aliphatic carbocycles. The number of benzene rings is 1. The molecule has 0 spiro atoms. The van der Waals surface area contributed by atoms with Crippen molar-refractivity contribution in [2.24, 2.45) is 0 Å². The fourth-order valence-electron chi connectivity index (χ4n) is 2.30. The average Bonchev–Trinajstić information content (AvgIpc) is 2.47. The highest BCUT2D eigenvalue weighted by atomic mass is 16.2. The summed E-state index contributed by atoms with van der Waals surface area (Å²) < 4.78 is 0. The number of anilines is 2. The third kappa shape index (κ3) is 4.52. The Hall–Kier alpha value is -2.43. The highest BCUT2D eigenvalue weighted by Gasteiger charge is 2.19. The molecule has 1 aromatic heterocycles. The van der Waals surface area contributed by atoms with Crippen molar-refractivity contribution in [3.05, 3.63) is 47.9 Å². The predicted octanol–water partition coefficient (Wildman–Crippen LogP) is 3.47. The maximum Gasteiger partial charge on any atom is 0.270 e. The number of carbonyl (C=O) groups is 1. The fraction of sp³-hybridized carbons (Fsp3) is 0.389. The smallest absolute Gasteiger partial charge is 0.270 e. The molecule has 0 unspecified atom stereocenters. The first-order valence-corrected chi connectivity index (χ1v) is 7.81. The number of rotatable bonds is 4. The van der Waals surface area contributed by atoms with E-state index in [-0.39, 0.29) is 11.4 Å². The van der Waals surface area contributed by atoms with E-state index in [0.29, 0.717) is 11.5 Å². The Morgan fingerprint density at radius 3 is 2.39 bits per heavy atom. The minimum Gasteiger partial charge on any atom is -0.346 e. The van der Waals surface area contributed by atoms with Crippen molar-refractivity contribution >= 4 is 17.4 Å². The number of aryl methyl sites for hydroxylation is 1. The summed E-state index contributed by atoms with van der Waals surface area (Å²) in [5.41, 5.74) is 1.12. The monoisotopic (exact) mass is 312 g/mol. The van der Waals surface area contributed by atoms with Crippen molar-refractivity contribution in [3.8, 4) is 0 Å². The summed E-state index contributed by atoms with van der Waals surface area (Å²) in [6, 6.07) is 11.7. The highest BCUT2D eigenvalue weighted by molar-refractivity contribution is 5.93. The summed E-state index contributed by atoms with van der Waals surface area (Å²) >= 11 is 0. The van der Waals surface area contributed by atoms with Gasteiger partial charge in [-0.15, -0.1) is 0 Å². The lowest BCUT2D eigenvalue weighted by Gasteiger charge is -2.24. The SMILES string of the molecule is CCN(c1ccccc1)c1cc(C(=O)NC(C)(C)C)nc(C)n1. The number of para-hydroxylation sites is 1. The lowest BCUT2D eigenvalue weighted by Crippen LogP contribution is -2.41. The molecule has 0 radical (unpaired) electrons. The molecule has 5 nitrogen and oxygen atoms in total. The number of carbonyl (C=O) groups excluding carboxylic acids is 1. The topological polar surface area (TPSA) is 58.1 Å². The van der Waals surface area contributed by atoms with Crippen molar-refractivity contribution in [3.63, 3.8) is 0 Å². The van der Waals surface area contributed by atoms with E-state index in [1.54, 1.807) is 13.0 Å². The number of amides is 1. The fourth-order valence-corrected chi connectivity index (χ4v) is 2.30. The van der Waals surface area contributed by atoms with Crippen LogP contribution in [-0.2, 0) is 0 Å². The summed E-state index contributed by atoms with van der Waals surface area (Å²) in [6.07, 6.45) is 0. The summed E-state index contributed by atoms with van der Waals surface area (Å²) in [4.78, 5) is 23.2. The first-order chi connectivity index (χ1) is 10.8. The first-order valence-electron chi connectivity index (χ1n) is 7.81. The van der Waals surface area contributed by atoms with Crippen molar-refractivity contribution < 1.29 is 4.79 Å². The van der Waals surface area contributed by atoms with Crippen LogP contribution in [0.15, 0.2) is 36.4 Å². The molecule has 1 heterocycles. The molecule has 0 fully saturated rings. The molecule has 23 heavy (non-hydrogen) atoms. The molecule has 0 saturated carbocycles. The van der Waals surface area contributed by atoms with Gasteiger partial charge >= 0.3 is 0 Å². The van der Waals surface area contributed by atoms with Gasteiger partial charge in [-0.25, -0.2) is 9.97 Å². The molecule has 1 aromatic carbocycles. The van der Waals surface area contributed by atoms with Gasteiger partial charge in [0.15, 0.2) is 0 Å². The van der Waals surface area contributed by atoms with Crippen molar-refractivity contribution in [1.82, 2.24) is 15.3 Å². The van der Waals surface area contributed by atoms with E-state index in [9.17, 15) is 4.79 Å². The lowest BCUT2D eigenvalue weighted by atomic mass is 10.1. The van der Waals surface area contributed by atoms with E-state index >= 15 is 0 Å². The maximum absolute atomic E-state index is 12.4. The molecule has 2 aromatic rings. The third-order valence-electron chi connectivity index (χ3n) is 3.21. The van der Waals surface area contributed by atoms with Crippen LogP contribution in [0.25, 0.3) is 0 Å². The molecule has 122 valence electrons. The van der Waals surface area contributed by atoms with Crippen LogP contribution in [0.4, 0.5) is 11.5 Å². The zero-order chi connectivity index (χ0) is 17.0. The summed E-state index contributed by atoms with van der Waals surface area (Å²) in [6.45, 7) is 10.4. The Labute approximate surface area is 137 Å². The maximum atomic E-state index is 12.4. The van der Waals surface area contributed by atoms with Crippen molar-refractivity contribution in [1.29, 1.82) is 0 Å². The molecule has 0 aliphatic heterocycles. The molecule has 0 bridgehead atoms. The lowest BCUT2D eigenvalue weighted by molar-refractivity contribution is 0.0914. The molecule has 2 rings (SSSR count). The number of aromatic nitrogens is 2. The Kier molecular flexibility index (Phi) is 4.98. The normalized spacial score (nSPS) is 11.2. The standard InChI is InChI=1S/C18H24N4O/c1-6-22(14-10-8-7-9-11-14)16-12-15(19-13(2)20-16)17(23)21-18(3,4)5/h7-12H,6H2,1-5H3,(H,21,23). The van der Waals surface area contributed by atoms with Crippen LogP contribution in [0.3, 0.4) is 0 Å². The van der Waals surface area contributed by atoms with Gasteiger partial charge in [0.1, 0.15) is 17.3 Å². The predicted molar refractivity (Wildman–Crippen MR) is 93.1 cm³/mol. The Bertz CT molecular complexity index is 677. The largest absolute Gasteiger partial charge is 0.346 e. The summed E-state index contributed by atoms with van der Waals surface area (Å²) in [7, 11) is 0. The Morgan fingerprint density at radius 1 is 1.17 bits per heavy atom. The Morgan fingerprint density at radius 2 is 1.83 bits per heavy atom. The molecular formula is C18H24N4O. The molecule has 0 aliphatic rings. The van der Waals surface area contributed by atoms with Crippen LogP contribution in [0.5, 0.6) is 0 Å². The van der Waals surface area contributed by atoms with Crippen LogP contribution in [0.1, 0.15) is 44.0 Å². The van der Waals surface area contributed by atoms with Crippen molar-refractivity contribution in [2.75, 3.05) is 11.4 Å². The molecular weight excluding hydrogens is 288 g/mol. The van der Waals surface area contributed by atoms with Gasteiger partial charge in [0.25, 0.3) is 5.91 Å². The van der Waals surface area contributed by atoms with Crippen molar-refractivity contribution in [2.45, 2.75) is 40.2 Å². The quantitative estimate of drug-likeness (QED) is 0.939. The van der Waals surface area contributed by atoms with Crippen LogP contribution < -0.4 is 10.2 Å². The number of nitrogens with zero attached hydrogens (tertiary/aromatic N) is 3. The van der Waals surface area contributed by atoms with E-state index in [1.165, 1.54) is 0 Å². The number of hydrogen-bond donors (Lipinski definition) is 1. The van der Waals surface area contributed by atoms with Crippen LogP contribution in [-0.4, -0.2) is 28.0 Å². The second-order valence-corrected chi connectivity index (χ2v) is 6.44. The zero-order valence-electron chi connectivity index (χ0n) is 14.4. The summed E-state index contributed by atoms with van der Waals surface area (Å²) in [5.74, 6) is 1.12. The molecule has 0 saturated heterocycles. The van der Waals surface area contributed by atoms with E-state index in [2.05, 4.69) is 27.1 Å². The minimum absolute atomic E-state index is 0.187.